The first-order valence-electron chi connectivity index (χ1n) is 10.1. The molecule has 3 rings (SSSR count). The van der Waals surface area contributed by atoms with Crippen LogP contribution in [-0.2, 0) is 19.6 Å². The molecule has 1 heterocycles. The van der Waals surface area contributed by atoms with E-state index >= 15 is 0 Å². The molecule has 2 aromatic carbocycles. The second-order valence-electron chi connectivity index (χ2n) is 7.26. The van der Waals surface area contributed by atoms with Gasteiger partial charge in [-0.3, -0.25) is 4.79 Å². The quantitative estimate of drug-likeness (QED) is 0.656. The van der Waals surface area contributed by atoms with Gasteiger partial charge in [-0.25, -0.2) is 13.2 Å². The lowest BCUT2D eigenvalue weighted by molar-refractivity contribution is -0.123. The number of rotatable bonds is 7. The topological polar surface area (TPSA) is 102 Å². The summed E-state index contributed by atoms with van der Waals surface area (Å²) in [6, 6.07) is 12.4. The van der Waals surface area contributed by atoms with Crippen molar-refractivity contribution < 1.29 is 27.5 Å². The molecule has 1 saturated heterocycles. The van der Waals surface area contributed by atoms with Gasteiger partial charge in [-0.1, -0.05) is 12.5 Å². The lowest BCUT2D eigenvalue weighted by Crippen LogP contribution is -2.35. The molecule has 0 spiro atoms. The molecular weight excluding hydrogens is 420 g/mol. The highest BCUT2D eigenvalue weighted by atomic mass is 32.2. The van der Waals surface area contributed by atoms with Crippen molar-refractivity contribution in [2.75, 3.05) is 25.5 Å². The highest BCUT2D eigenvalue weighted by Crippen LogP contribution is 2.22. The van der Waals surface area contributed by atoms with Crippen LogP contribution in [0.3, 0.4) is 0 Å². The van der Waals surface area contributed by atoms with Crippen molar-refractivity contribution in [3.8, 4) is 5.75 Å². The monoisotopic (exact) mass is 446 g/mol. The zero-order valence-corrected chi connectivity index (χ0v) is 18.4. The summed E-state index contributed by atoms with van der Waals surface area (Å²) in [6.07, 6.45) is 1.58. The van der Waals surface area contributed by atoms with Gasteiger partial charge in [0.1, 0.15) is 5.75 Å². The van der Waals surface area contributed by atoms with Gasteiger partial charge in [-0.05, 0) is 62.2 Å². The number of nitrogens with zero attached hydrogens (tertiary/aromatic N) is 1. The summed E-state index contributed by atoms with van der Waals surface area (Å²) in [4.78, 5) is 24.9. The van der Waals surface area contributed by atoms with Crippen LogP contribution in [0.4, 0.5) is 5.69 Å². The number of sulfonamides is 1. The fourth-order valence-electron chi connectivity index (χ4n) is 3.24. The molecule has 1 fully saturated rings. The van der Waals surface area contributed by atoms with Gasteiger partial charge >= 0.3 is 5.97 Å². The molecule has 166 valence electrons. The molecule has 0 radical (unpaired) electrons. The maximum Gasteiger partial charge on any atom is 0.338 e. The van der Waals surface area contributed by atoms with E-state index in [9.17, 15) is 18.0 Å². The van der Waals surface area contributed by atoms with E-state index in [0.29, 0.717) is 24.5 Å². The van der Waals surface area contributed by atoms with E-state index in [4.69, 9.17) is 9.47 Å². The smallest absolute Gasteiger partial charge is 0.338 e. The number of anilines is 1. The van der Waals surface area contributed by atoms with E-state index in [2.05, 4.69) is 5.32 Å². The Bertz CT molecular complexity index is 1030. The molecule has 1 N–H and O–H groups in total. The number of esters is 1. The molecule has 1 atom stereocenters. The average Bonchev–Trinajstić information content (AvgIpc) is 2.80. The molecule has 1 aliphatic heterocycles. The first-order chi connectivity index (χ1) is 14.8. The van der Waals surface area contributed by atoms with E-state index in [0.717, 1.165) is 19.3 Å². The standard InChI is InChI=1S/C22H26N2O6S/c1-16(21(25)23-18-9-11-19(29-2)12-10-18)30-22(26)17-7-6-8-20(15-17)31(27,28)24-13-4-3-5-14-24/h6-12,15-16H,3-5,13-14H2,1-2H3,(H,23,25). The summed E-state index contributed by atoms with van der Waals surface area (Å²) in [5, 5.41) is 2.65. The fraction of sp³-hybridized carbons (Fsp3) is 0.364. The van der Waals surface area contributed by atoms with Gasteiger partial charge in [-0.15, -0.1) is 0 Å². The lowest BCUT2D eigenvalue weighted by Gasteiger charge is -2.26. The maximum absolute atomic E-state index is 12.8. The van der Waals surface area contributed by atoms with Crippen LogP contribution in [0, 0.1) is 0 Å². The van der Waals surface area contributed by atoms with E-state index in [1.807, 2.05) is 0 Å². The van der Waals surface area contributed by atoms with Crippen LogP contribution in [0.15, 0.2) is 53.4 Å². The Morgan fingerprint density at radius 2 is 1.71 bits per heavy atom. The zero-order valence-electron chi connectivity index (χ0n) is 17.5. The molecule has 1 aliphatic rings. The van der Waals surface area contributed by atoms with Gasteiger partial charge in [0.2, 0.25) is 10.0 Å². The van der Waals surface area contributed by atoms with Crippen LogP contribution < -0.4 is 10.1 Å². The number of carbonyl (C=O) groups is 2. The van der Waals surface area contributed by atoms with E-state index in [-0.39, 0.29) is 10.5 Å². The molecule has 1 amide bonds. The van der Waals surface area contributed by atoms with E-state index in [1.54, 1.807) is 31.4 Å². The first-order valence-corrected chi connectivity index (χ1v) is 11.5. The highest BCUT2D eigenvalue weighted by molar-refractivity contribution is 7.89. The van der Waals surface area contributed by atoms with E-state index in [1.165, 1.54) is 35.5 Å². The van der Waals surface area contributed by atoms with Crippen LogP contribution in [0.2, 0.25) is 0 Å². The molecule has 9 heteroatoms. The lowest BCUT2D eigenvalue weighted by atomic mass is 10.2. The second kappa shape index (κ2) is 9.93. The van der Waals surface area contributed by atoms with Crippen LogP contribution in [0.1, 0.15) is 36.5 Å². The molecule has 2 aromatic rings. The highest BCUT2D eigenvalue weighted by Gasteiger charge is 2.27. The number of hydrogen-bond donors (Lipinski definition) is 1. The number of carbonyl (C=O) groups excluding carboxylic acids is 2. The van der Waals surface area contributed by atoms with Crippen molar-refractivity contribution in [2.45, 2.75) is 37.2 Å². The number of ether oxygens (including phenoxy) is 2. The van der Waals surface area contributed by atoms with Gasteiger partial charge in [0, 0.05) is 18.8 Å². The Kier molecular flexibility index (Phi) is 7.29. The minimum atomic E-state index is -3.67. The van der Waals surface area contributed by atoms with Gasteiger partial charge in [0.25, 0.3) is 5.91 Å². The predicted octanol–water partition coefficient (Wildman–Crippen LogP) is 3.05. The summed E-state index contributed by atoms with van der Waals surface area (Å²) in [7, 11) is -2.13. The first kappa shape index (κ1) is 22.8. The normalized spacial score (nSPS) is 15.7. The van der Waals surface area contributed by atoms with Gasteiger partial charge < -0.3 is 14.8 Å². The van der Waals surface area contributed by atoms with Crippen LogP contribution in [0.5, 0.6) is 5.75 Å². The molecule has 0 aliphatic carbocycles. The number of methoxy groups -OCH3 is 1. The maximum atomic E-state index is 12.8. The number of benzene rings is 2. The summed E-state index contributed by atoms with van der Waals surface area (Å²) in [5.41, 5.74) is 0.602. The number of piperidine rings is 1. The Morgan fingerprint density at radius 1 is 1.03 bits per heavy atom. The molecule has 0 bridgehead atoms. The minimum absolute atomic E-state index is 0.0409. The molecule has 0 saturated carbocycles. The van der Waals surface area contributed by atoms with Crippen molar-refractivity contribution in [2.24, 2.45) is 0 Å². The Balaban J connectivity index is 1.65. The third kappa shape index (κ3) is 5.62. The second-order valence-corrected chi connectivity index (χ2v) is 9.20. The average molecular weight is 447 g/mol. The minimum Gasteiger partial charge on any atom is -0.497 e. The molecule has 1 unspecified atom stereocenters. The van der Waals surface area contributed by atoms with Crippen molar-refractivity contribution in [3.05, 3.63) is 54.1 Å². The van der Waals surface area contributed by atoms with Crippen molar-refractivity contribution >= 4 is 27.6 Å². The molecule has 8 nitrogen and oxygen atoms in total. The third-order valence-corrected chi connectivity index (χ3v) is 6.93. The summed E-state index contributed by atoms with van der Waals surface area (Å²) < 4.78 is 37.4. The largest absolute Gasteiger partial charge is 0.497 e. The SMILES string of the molecule is COc1ccc(NC(=O)C(C)OC(=O)c2cccc(S(=O)(=O)N3CCCCC3)c2)cc1. The Hall–Kier alpha value is -2.91. The van der Waals surface area contributed by atoms with Crippen molar-refractivity contribution in [1.82, 2.24) is 4.31 Å². The predicted molar refractivity (Wildman–Crippen MR) is 116 cm³/mol. The Labute approximate surface area is 182 Å². The molecular formula is C22H26N2O6S. The fourth-order valence-corrected chi connectivity index (χ4v) is 4.80. The van der Waals surface area contributed by atoms with Gasteiger partial charge in [0.15, 0.2) is 6.10 Å². The molecule has 0 aromatic heterocycles. The van der Waals surface area contributed by atoms with Crippen LogP contribution in [-0.4, -0.2) is 50.9 Å². The summed E-state index contributed by atoms with van der Waals surface area (Å²) >= 11 is 0. The van der Waals surface area contributed by atoms with Crippen molar-refractivity contribution in [1.29, 1.82) is 0 Å². The number of hydrogen-bond acceptors (Lipinski definition) is 6. The van der Waals surface area contributed by atoms with Gasteiger partial charge in [0.05, 0.1) is 17.6 Å². The summed E-state index contributed by atoms with van der Waals surface area (Å²) in [6.45, 7) is 2.39. The number of amides is 1. The van der Waals surface area contributed by atoms with Crippen LogP contribution >= 0.6 is 0 Å². The number of nitrogens with one attached hydrogen (secondary N) is 1. The van der Waals surface area contributed by atoms with E-state index < -0.39 is 28.0 Å². The van der Waals surface area contributed by atoms with Gasteiger partial charge in [-0.2, -0.15) is 4.31 Å². The van der Waals surface area contributed by atoms with Crippen molar-refractivity contribution in [3.63, 3.8) is 0 Å². The third-order valence-electron chi connectivity index (χ3n) is 5.03. The summed E-state index contributed by atoms with van der Waals surface area (Å²) in [5.74, 6) is -0.624. The van der Waals surface area contributed by atoms with Crippen LogP contribution in [0.25, 0.3) is 0 Å². The Morgan fingerprint density at radius 3 is 2.35 bits per heavy atom. The molecule has 31 heavy (non-hydrogen) atoms. The zero-order chi connectivity index (χ0) is 22.4.